The number of amides is 1. The molecule has 1 aliphatic heterocycles. The van der Waals surface area contributed by atoms with Gasteiger partial charge in [0.05, 0.1) is 21.8 Å². The maximum absolute atomic E-state index is 13.8. The van der Waals surface area contributed by atoms with Gasteiger partial charge in [0, 0.05) is 25.3 Å². The summed E-state index contributed by atoms with van der Waals surface area (Å²) in [4.78, 5) is 34.2. The van der Waals surface area contributed by atoms with Gasteiger partial charge in [0.25, 0.3) is 5.78 Å². The number of carbonyl (C=O) groups is 2. The van der Waals surface area contributed by atoms with Crippen molar-refractivity contribution >= 4 is 49.8 Å². The van der Waals surface area contributed by atoms with Crippen molar-refractivity contribution in [1.29, 1.82) is 0 Å². The molecular formula is C26H20FN3O3S. The van der Waals surface area contributed by atoms with Crippen molar-refractivity contribution in [2.45, 2.75) is 6.04 Å². The smallest absolute Gasteiger partial charge is 0.301 e. The molecule has 1 amide bonds. The Labute approximate surface area is 199 Å². The predicted octanol–water partition coefficient (Wildman–Crippen LogP) is 5.13. The minimum atomic E-state index is -0.887. The Kier molecular flexibility index (Phi) is 5.37. The van der Waals surface area contributed by atoms with Crippen molar-refractivity contribution in [1.82, 2.24) is 4.98 Å². The van der Waals surface area contributed by atoms with Gasteiger partial charge in [0.15, 0.2) is 5.13 Å². The topological polar surface area (TPSA) is 73.7 Å². The van der Waals surface area contributed by atoms with Crippen molar-refractivity contribution in [3.05, 3.63) is 95.3 Å². The van der Waals surface area contributed by atoms with Gasteiger partial charge in [0.1, 0.15) is 11.6 Å². The van der Waals surface area contributed by atoms with E-state index in [0.717, 1.165) is 17.0 Å². The third kappa shape index (κ3) is 3.62. The van der Waals surface area contributed by atoms with Crippen LogP contribution in [-0.4, -0.2) is 35.9 Å². The first-order valence-electron chi connectivity index (χ1n) is 10.5. The molecule has 1 saturated heterocycles. The van der Waals surface area contributed by atoms with Crippen LogP contribution in [0.4, 0.5) is 15.2 Å². The van der Waals surface area contributed by atoms with Crippen molar-refractivity contribution < 1.29 is 19.1 Å². The molecule has 1 atom stereocenters. The van der Waals surface area contributed by atoms with Crippen molar-refractivity contribution in [3.8, 4) is 0 Å². The van der Waals surface area contributed by atoms with E-state index in [4.69, 9.17) is 0 Å². The number of thiazole rings is 1. The first-order valence-corrected chi connectivity index (χ1v) is 11.4. The van der Waals surface area contributed by atoms with Crippen LogP contribution in [0.1, 0.15) is 17.2 Å². The predicted molar refractivity (Wildman–Crippen MR) is 132 cm³/mol. The van der Waals surface area contributed by atoms with Crippen molar-refractivity contribution in [2.24, 2.45) is 0 Å². The molecule has 1 fully saturated rings. The highest BCUT2D eigenvalue weighted by Crippen LogP contribution is 2.44. The second-order valence-electron chi connectivity index (χ2n) is 8.13. The zero-order valence-corrected chi connectivity index (χ0v) is 19.2. The molecule has 0 spiro atoms. The summed E-state index contributed by atoms with van der Waals surface area (Å²) in [5, 5.41) is 11.4. The molecule has 6 nitrogen and oxygen atoms in total. The largest absolute Gasteiger partial charge is 0.507 e. The average molecular weight is 474 g/mol. The number of aliphatic hydroxyl groups is 1. The number of nitrogens with zero attached hydrogens (tertiary/aromatic N) is 3. The molecule has 1 N–H and O–H groups in total. The molecular weight excluding hydrogens is 453 g/mol. The van der Waals surface area contributed by atoms with Gasteiger partial charge < -0.3 is 10.0 Å². The average Bonchev–Trinajstić information content (AvgIpc) is 3.37. The maximum Gasteiger partial charge on any atom is 0.301 e. The summed E-state index contributed by atoms with van der Waals surface area (Å²) in [6, 6.07) is 19.3. The van der Waals surface area contributed by atoms with Gasteiger partial charge in [-0.25, -0.2) is 9.37 Å². The van der Waals surface area contributed by atoms with E-state index in [1.807, 2.05) is 43.3 Å². The van der Waals surface area contributed by atoms with Crippen LogP contribution in [0.15, 0.2) is 78.4 Å². The van der Waals surface area contributed by atoms with Gasteiger partial charge >= 0.3 is 5.91 Å². The first kappa shape index (κ1) is 21.8. The molecule has 0 radical (unpaired) electrons. The Morgan fingerprint density at radius 1 is 1.03 bits per heavy atom. The summed E-state index contributed by atoms with van der Waals surface area (Å²) >= 11 is 1.12. The number of hydrogen-bond donors (Lipinski definition) is 1. The van der Waals surface area contributed by atoms with Crippen LogP contribution in [0.5, 0.6) is 0 Å². The van der Waals surface area contributed by atoms with Crippen LogP contribution in [0.25, 0.3) is 16.0 Å². The van der Waals surface area contributed by atoms with E-state index < -0.39 is 23.5 Å². The molecule has 0 saturated carbocycles. The van der Waals surface area contributed by atoms with E-state index in [9.17, 15) is 19.1 Å². The Morgan fingerprint density at radius 2 is 1.74 bits per heavy atom. The van der Waals surface area contributed by atoms with Gasteiger partial charge in [-0.1, -0.05) is 53.8 Å². The van der Waals surface area contributed by atoms with E-state index in [2.05, 4.69) is 4.98 Å². The number of benzene rings is 3. The number of halogens is 1. The third-order valence-electron chi connectivity index (χ3n) is 5.76. The SMILES string of the molecule is CN(C)c1ccc(C2C(=C(O)c3ccccc3)C(=O)C(=O)N2c2nc3ccc(F)cc3s2)cc1. The molecule has 1 unspecified atom stereocenters. The summed E-state index contributed by atoms with van der Waals surface area (Å²) in [6.45, 7) is 0. The number of hydrogen-bond acceptors (Lipinski definition) is 6. The molecule has 2 heterocycles. The lowest BCUT2D eigenvalue weighted by Gasteiger charge is -2.23. The lowest BCUT2D eigenvalue weighted by atomic mass is 9.95. The number of Topliss-reactive ketones (excluding diaryl/α,β-unsaturated/α-hetero) is 1. The van der Waals surface area contributed by atoms with E-state index in [0.29, 0.717) is 21.3 Å². The fraction of sp³-hybridized carbons (Fsp3) is 0.115. The maximum atomic E-state index is 13.8. The Bertz CT molecular complexity index is 1450. The molecule has 4 aromatic rings. The van der Waals surface area contributed by atoms with Crippen LogP contribution in [0, 0.1) is 5.82 Å². The molecule has 3 aromatic carbocycles. The molecule has 8 heteroatoms. The molecule has 1 aromatic heterocycles. The van der Waals surface area contributed by atoms with Gasteiger partial charge in [-0.2, -0.15) is 0 Å². The molecule has 34 heavy (non-hydrogen) atoms. The highest BCUT2D eigenvalue weighted by molar-refractivity contribution is 7.22. The van der Waals surface area contributed by atoms with E-state index in [-0.39, 0.29) is 16.5 Å². The third-order valence-corrected chi connectivity index (χ3v) is 6.78. The second-order valence-corrected chi connectivity index (χ2v) is 9.14. The minimum Gasteiger partial charge on any atom is -0.507 e. The lowest BCUT2D eigenvalue weighted by Crippen LogP contribution is -2.29. The highest BCUT2D eigenvalue weighted by Gasteiger charge is 2.48. The number of fused-ring (bicyclic) bond motifs is 1. The van der Waals surface area contributed by atoms with Crippen molar-refractivity contribution in [2.75, 3.05) is 23.9 Å². The van der Waals surface area contributed by atoms with Crippen molar-refractivity contribution in [3.63, 3.8) is 0 Å². The van der Waals surface area contributed by atoms with Crippen LogP contribution in [0.3, 0.4) is 0 Å². The molecule has 1 aliphatic rings. The monoisotopic (exact) mass is 473 g/mol. The summed E-state index contributed by atoms with van der Waals surface area (Å²) in [7, 11) is 3.83. The summed E-state index contributed by atoms with van der Waals surface area (Å²) in [6.07, 6.45) is 0. The van der Waals surface area contributed by atoms with E-state index in [1.54, 1.807) is 30.3 Å². The van der Waals surface area contributed by atoms with E-state index in [1.165, 1.54) is 23.1 Å². The standard InChI is InChI=1S/C26H20FN3O3S/c1-29(2)18-11-8-15(9-12-18)22-21(23(31)16-6-4-3-5-7-16)24(32)25(33)30(22)26-28-19-13-10-17(27)14-20(19)34-26/h3-14,22,31H,1-2H3. The number of anilines is 2. The lowest BCUT2D eigenvalue weighted by molar-refractivity contribution is -0.132. The number of ketones is 1. The molecule has 5 rings (SSSR count). The summed E-state index contributed by atoms with van der Waals surface area (Å²) < 4.78 is 14.3. The molecule has 0 bridgehead atoms. The number of rotatable bonds is 4. The van der Waals surface area contributed by atoms with Crippen LogP contribution in [-0.2, 0) is 9.59 Å². The Hall–Kier alpha value is -4.04. The quantitative estimate of drug-likeness (QED) is 0.253. The molecule has 170 valence electrons. The molecule has 0 aliphatic carbocycles. The summed E-state index contributed by atoms with van der Waals surface area (Å²) in [5.74, 6) is -2.26. The van der Waals surface area contributed by atoms with Gasteiger partial charge in [-0.05, 0) is 35.9 Å². The summed E-state index contributed by atoms with van der Waals surface area (Å²) in [5.41, 5.74) is 2.53. The zero-order chi connectivity index (χ0) is 24.0. The highest BCUT2D eigenvalue weighted by atomic mass is 32.1. The van der Waals surface area contributed by atoms with Crippen LogP contribution >= 0.6 is 11.3 Å². The van der Waals surface area contributed by atoms with Gasteiger partial charge in [-0.3, -0.25) is 14.5 Å². The Balaban J connectivity index is 1.72. The van der Waals surface area contributed by atoms with Gasteiger partial charge in [-0.15, -0.1) is 0 Å². The second kappa shape index (κ2) is 8.39. The van der Waals surface area contributed by atoms with Gasteiger partial charge in [0.2, 0.25) is 0 Å². The van der Waals surface area contributed by atoms with E-state index >= 15 is 0 Å². The fourth-order valence-electron chi connectivity index (χ4n) is 4.04. The minimum absolute atomic E-state index is 0.0146. The van der Waals surface area contributed by atoms with Crippen LogP contribution < -0.4 is 9.80 Å². The number of carbonyl (C=O) groups excluding carboxylic acids is 2. The number of aromatic nitrogens is 1. The van der Waals surface area contributed by atoms with Crippen LogP contribution in [0.2, 0.25) is 0 Å². The normalized spacial score (nSPS) is 17.5. The fourth-order valence-corrected chi connectivity index (χ4v) is 5.06. The Morgan fingerprint density at radius 3 is 2.41 bits per heavy atom. The number of aliphatic hydroxyl groups excluding tert-OH is 1. The first-order chi connectivity index (χ1) is 16.3. The zero-order valence-electron chi connectivity index (χ0n) is 18.4.